The molecule has 0 radical (unpaired) electrons. The van der Waals surface area contributed by atoms with Gasteiger partial charge in [-0.1, -0.05) is 36.4 Å². The number of imidazole rings is 1. The third-order valence-corrected chi connectivity index (χ3v) is 8.93. The molecule has 2 aliphatic rings. The molecule has 0 spiro atoms. The van der Waals surface area contributed by atoms with Crippen LogP contribution in [0.3, 0.4) is 0 Å². The summed E-state index contributed by atoms with van der Waals surface area (Å²) in [5, 5.41) is 5.14. The van der Waals surface area contributed by atoms with E-state index in [2.05, 4.69) is 10.1 Å². The molecule has 0 saturated carbocycles. The van der Waals surface area contributed by atoms with Gasteiger partial charge in [-0.05, 0) is 31.0 Å². The van der Waals surface area contributed by atoms with E-state index >= 15 is 4.39 Å². The summed E-state index contributed by atoms with van der Waals surface area (Å²) >= 11 is 0. The van der Waals surface area contributed by atoms with Crippen molar-refractivity contribution in [1.29, 1.82) is 0 Å². The average Bonchev–Trinajstić information content (AvgIpc) is 3.55. The molecule has 0 saturated heterocycles. The normalized spacial score (nSPS) is 17.8. The smallest absolute Gasteiger partial charge is 0.387 e. The third-order valence-electron chi connectivity index (χ3n) is 7.39. The molecule has 38 heavy (non-hydrogen) atoms. The van der Waals surface area contributed by atoms with Crippen LogP contribution in [0.1, 0.15) is 29.9 Å². The first-order valence-electron chi connectivity index (χ1n) is 12.1. The van der Waals surface area contributed by atoms with Gasteiger partial charge in [0.25, 0.3) is 0 Å². The molecule has 11 heteroatoms. The van der Waals surface area contributed by atoms with E-state index in [0.29, 0.717) is 56.7 Å². The number of hydrogen-bond acceptors (Lipinski definition) is 5. The van der Waals surface area contributed by atoms with Gasteiger partial charge in [-0.25, -0.2) is 19.0 Å². The molecule has 2 atom stereocenters. The van der Waals surface area contributed by atoms with Gasteiger partial charge in [-0.15, -0.1) is 0 Å². The SMILES string of the molecule is CP(C)(=O)c1ccc(-c2cc3c(cc2F)nc2n3[C@H]3C[C@@H]2n2ncnc2-c2cccc(OC(F)F)c23)cc1. The molecular formula is C27H21F3N5O2P. The van der Waals surface area contributed by atoms with Crippen LogP contribution in [0, 0.1) is 5.82 Å². The summed E-state index contributed by atoms with van der Waals surface area (Å²) in [7, 11) is -2.45. The monoisotopic (exact) mass is 535 g/mol. The molecule has 0 N–H and O–H groups in total. The first-order chi connectivity index (χ1) is 18.2. The summed E-state index contributed by atoms with van der Waals surface area (Å²) in [5.41, 5.74) is 3.35. The number of hydrogen-bond donors (Lipinski definition) is 0. The summed E-state index contributed by atoms with van der Waals surface area (Å²) in [6.45, 7) is 0.383. The van der Waals surface area contributed by atoms with Crippen LogP contribution in [0.5, 0.6) is 5.75 Å². The quantitative estimate of drug-likeness (QED) is 0.270. The zero-order chi connectivity index (χ0) is 26.3. The van der Waals surface area contributed by atoms with Gasteiger partial charge in [0.1, 0.15) is 36.9 Å². The van der Waals surface area contributed by atoms with Crippen LogP contribution in [-0.2, 0) is 4.57 Å². The summed E-state index contributed by atoms with van der Waals surface area (Å²) in [5.74, 6) is 0.819. The first-order valence-corrected chi connectivity index (χ1v) is 14.7. The van der Waals surface area contributed by atoms with Crippen LogP contribution in [0.4, 0.5) is 13.2 Å². The fourth-order valence-corrected chi connectivity index (χ4v) is 6.62. The van der Waals surface area contributed by atoms with E-state index in [1.165, 1.54) is 18.5 Å². The number of aromatic nitrogens is 5. The van der Waals surface area contributed by atoms with Crippen LogP contribution >= 0.6 is 7.14 Å². The summed E-state index contributed by atoms with van der Waals surface area (Å²) in [4.78, 5) is 9.18. The lowest BCUT2D eigenvalue weighted by Crippen LogP contribution is -2.14. The highest BCUT2D eigenvalue weighted by Gasteiger charge is 2.43. The largest absolute Gasteiger partial charge is 0.434 e. The molecule has 2 bridgehead atoms. The minimum atomic E-state index is -3.00. The topological polar surface area (TPSA) is 74.8 Å². The van der Waals surface area contributed by atoms with Crippen molar-refractivity contribution in [3.05, 3.63) is 78.1 Å². The molecule has 5 aromatic rings. The van der Waals surface area contributed by atoms with Gasteiger partial charge < -0.3 is 13.9 Å². The van der Waals surface area contributed by atoms with Crippen LogP contribution in [0.15, 0.2) is 60.9 Å². The predicted molar refractivity (Wildman–Crippen MR) is 137 cm³/mol. The van der Waals surface area contributed by atoms with Crippen LogP contribution < -0.4 is 10.0 Å². The number of fused-ring (bicyclic) bond motifs is 6. The lowest BCUT2D eigenvalue weighted by Gasteiger charge is -2.21. The molecule has 7 nitrogen and oxygen atoms in total. The molecule has 2 aromatic heterocycles. The molecule has 0 fully saturated rings. The van der Waals surface area contributed by atoms with Gasteiger partial charge in [0.15, 0.2) is 5.82 Å². The highest BCUT2D eigenvalue weighted by atomic mass is 31.2. The number of alkyl halides is 2. The second kappa shape index (κ2) is 8.04. The third kappa shape index (κ3) is 3.36. The Morgan fingerprint density at radius 1 is 1.05 bits per heavy atom. The number of ether oxygens (including phenoxy) is 1. The second-order valence-electron chi connectivity index (χ2n) is 9.95. The van der Waals surface area contributed by atoms with E-state index in [1.54, 1.807) is 54.4 Å². The Bertz CT molecular complexity index is 1790. The fraction of sp³-hybridized carbons (Fsp3) is 0.222. The summed E-state index contributed by atoms with van der Waals surface area (Å²) in [6, 6.07) is 14.5. The molecule has 4 heterocycles. The number of benzene rings is 3. The Morgan fingerprint density at radius 2 is 1.84 bits per heavy atom. The molecule has 7 rings (SSSR count). The Balaban J connectivity index is 1.46. The van der Waals surface area contributed by atoms with E-state index < -0.39 is 25.6 Å². The number of halogens is 3. The van der Waals surface area contributed by atoms with Gasteiger partial charge in [0.2, 0.25) is 0 Å². The Labute approximate surface area is 215 Å². The number of rotatable bonds is 4. The Hall–Kier alpha value is -3.91. The van der Waals surface area contributed by atoms with E-state index in [4.69, 9.17) is 9.72 Å². The zero-order valence-corrected chi connectivity index (χ0v) is 21.2. The van der Waals surface area contributed by atoms with Crippen molar-refractivity contribution < 1.29 is 22.5 Å². The van der Waals surface area contributed by atoms with E-state index in [0.717, 1.165) is 0 Å². The van der Waals surface area contributed by atoms with Crippen molar-refractivity contribution in [1.82, 2.24) is 24.3 Å². The summed E-state index contributed by atoms with van der Waals surface area (Å²) in [6.07, 6.45) is 1.94. The highest BCUT2D eigenvalue weighted by molar-refractivity contribution is 7.70. The molecule has 0 unspecified atom stereocenters. The lowest BCUT2D eigenvalue weighted by molar-refractivity contribution is -0.0506. The van der Waals surface area contributed by atoms with Gasteiger partial charge in [-0.3, -0.25) is 0 Å². The minimum absolute atomic E-state index is 0.0638. The Morgan fingerprint density at radius 3 is 2.58 bits per heavy atom. The fourth-order valence-electron chi connectivity index (χ4n) is 5.75. The standard InChI is InChI=1S/C27H21F3N5O2P/c1-38(2,36)15-8-6-14(7-9-15)17-10-20-19(11-18(17)28)33-26-22-12-21(34(20)26)24-16(25-31-13-32-35(22)25)4-3-5-23(24)37-27(29)30/h3-11,13,21-22,27H,12H2,1-2H3/t21-,22-/m0/s1. The van der Waals surface area contributed by atoms with Gasteiger partial charge in [0, 0.05) is 34.5 Å². The van der Waals surface area contributed by atoms with Gasteiger partial charge >= 0.3 is 6.61 Å². The maximum atomic E-state index is 15.4. The minimum Gasteiger partial charge on any atom is -0.434 e. The van der Waals surface area contributed by atoms with Crippen molar-refractivity contribution in [2.24, 2.45) is 0 Å². The zero-order valence-electron chi connectivity index (χ0n) is 20.3. The molecule has 2 aliphatic heterocycles. The highest BCUT2D eigenvalue weighted by Crippen LogP contribution is 2.52. The van der Waals surface area contributed by atoms with E-state index in [-0.39, 0.29) is 11.8 Å². The van der Waals surface area contributed by atoms with Crippen molar-refractivity contribution in [3.8, 4) is 28.3 Å². The van der Waals surface area contributed by atoms with Crippen molar-refractivity contribution in [3.63, 3.8) is 0 Å². The molecule has 0 aliphatic carbocycles. The average molecular weight is 535 g/mol. The van der Waals surface area contributed by atoms with E-state index in [1.807, 2.05) is 10.6 Å². The van der Waals surface area contributed by atoms with Crippen LogP contribution in [0.25, 0.3) is 33.5 Å². The summed E-state index contributed by atoms with van der Waals surface area (Å²) < 4.78 is 63.3. The predicted octanol–water partition coefficient (Wildman–Crippen LogP) is 5.85. The van der Waals surface area contributed by atoms with Crippen LogP contribution in [-0.4, -0.2) is 44.3 Å². The molecule has 3 aromatic carbocycles. The molecule has 0 amide bonds. The number of nitrogens with zero attached hydrogens (tertiary/aromatic N) is 5. The maximum absolute atomic E-state index is 15.4. The van der Waals surface area contributed by atoms with Gasteiger partial charge in [-0.2, -0.15) is 13.9 Å². The van der Waals surface area contributed by atoms with E-state index in [9.17, 15) is 13.3 Å². The first kappa shape index (κ1) is 23.2. The maximum Gasteiger partial charge on any atom is 0.387 e. The molecule has 192 valence electrons. The molecular weight excluding hydrogens is 514 g/mol. The van der Waals surface area contributed by atoms with Crippen molar-refractivity contribution in [2.45, 2.75) is 25.1 Å². The Kier molecular flexibility index (Phi) is 4.92. The van der Waals surface area contributed by atoms with Crippen molar-refractivity contribution in [2.75, 3.05) is 13.3 Å². The second-order valence-corrected chi connectivity index (χ2v) is 13.2. The van der Waals surface area contributed by atoms with Crippen LogP contribution in [0.2, 0.25) is 0 Å². The lowest BCUT2D eigenvalue weighted by atomic mass is 9.97. The van der Waals surface area contributed by atoms with Gasteiger partial charge in [0.05, 0.1) is 17.1 Å². The van der Waals surface area contributed by atoms with Crippen molar-refractivity contribution >= 4 is 23.5 Å².